The van der Waals surface area contributed by atoms with E-state index in [0.717, 1.165) is 0 Å². The molecule has 0 spiro atoms. The highest BCUT2D eigenvalue weighted by Gasteiger charge is 2.31. The minimum absolute atomic E-state index is 0.369. The molecule has 2 aromatic carbocycles. The molecular weight excluding hydrogens is 338 g/mol. The summed E-state index contributed by atoms with van der Waals surface area (Å²) in [6.45, 7) is 0. The monoisotopic (exact) mass is 349 g/mol. The lowest BCUT2D eigenvalue weighted by Gasteiger charge is -2.11. The molecule has 8 heteroatoms. The van der Waals surface area contributed by atoms with Crippen molar-refractivity contribution in [3.8, 4) is 17.0 Å². The number of rotatable bonds is 4. The molecule has 0 atom stereocenters. The highest BCUT2D eigenvalue weighted by atomic mass is 19.4. The van der Waals surface area contributed by atoms with Crippen LogP contribution in [0.5, 0.6) is 5.75 Å². The molecule has 0 saturated heterocycles. The van der Waals surface area contributed by atoms with Crippen LogP contribution in [-0.2, 0) is 0 Å². The lowest BCUT2D eigenvalue weighted by molar-refractivity contribution is -0.274. The first-order chi connectivity index (χ1) is 11.9. The predicted octanol–water partition coefficient (Wildman–Crippen LogP) is 4.68. The number of nitrogens with one attached hydrogen (secondary N) is 1. The van der Waals surface area contributed by atoms with Gasteiger partial charge in [0.1, 0.15) is 17.3 Å². The third-order valence-corrected chi connectivity index (χ3v) is 3.21. The first-order valence-electron chi connectivity index (χ1n) is 7.10. The van der Waals surface area contributed by atoms with Crippen molar-refractivity contribution in [1.29, 1.82) is 0 Å². The van der Waals surface area contributed by atoms with Crippen LogP contribution in [0.15, 0.2) is 48.7 Å². The van der Waals surface area contributed by atoms with Gasteiger partial charge < -0.3 is 4.74 Å². The number of nitrogens with zero attached hydrogens (tertiary/aromatic N) is 2. The fourth-order valence-corrected chi connectivity index (χ4v) is 2.17. The van der Waals surface area contributed by atoms with Crippen LogP contribution in [0.3, 0.4) is 0 Å². The maximum absolute atomic E-state index is 12.9. The number of hydrogen-bond donors (Lipinski definition) is 1. The largest absolute Gasteiger partial charge is 0.573 e. The molecule has 0 aliphatic carbocycles. The number of aromatic nitrogens is 3. The van der Waals surface area contributed by atoms with Gasteiger partial charge in [0.2, 0.25) is 0 Å². The Labute approximate surface area is 139 Å². The molecule has 0 amide bonds. The van der Waals surface area contributed by atoms with Crippen LogP contribution in [0.2, 0.25) is 0 Å². The van der Waals surface area contributed by atoms with Gasteiger partial charge in [0, 0.05) is 5.56 Å². The summed E-state index contributed by atoms with van der Waals surface area (Å²) in [6.07, 6.45) is -0.167. The highest BCUT2D eigenvalue weighted by molar-refractivity contribution is 5.74. The molecule has 0 saturated carbocycles. The van der Waals surface area contributed by atoms with E-state index >= 15 is 0 Å². The summed E-state index contributed by atoms with van der Waals surface area (Å²) in [5.41, 5.74) is 1.95. The average molecular weight is 349 g/mol. The summed E-state index contributed by atoms with van der Waals surface area (Å²) in [4.78, 5) is 0. The Morgan fingerprint density at radius 3 is 2.32 bits per heavy atom. The second-order valence-electron chi connectivity index (χ2n) is 5.08. The van der Waals surface area contributed by atoms with Gasteiger partial charge in [-0.2, -0.15) is 15.4 Å². The molecule has 3 rings (SSSR count). The fourth-order valence-electron chi connectivity index (χ4n) is 2.17. The zero-order valence-electron chi connectivity index (χ0n) is 12.6. The Morgan fingerprint density at radius 2 is 1.68 bits per heavy atom. The molecule has 1 aromatic heterocycles. The van der Waals surface area contributed by atoms with Crippen LogP contribution in [0.4, 0.5) is 17.6 Å². The van der Waals surface area contributed by atoms with E-state index in [1.165, 1.54) is 30.5 Å². The van der Waals surface area contributed by atoms with Gasteiger partial charge in [-0.1, -0.05) is 24.3 Å². The second kappa shape index (κ2) is 6.76. The van der Waals surface area contributed by atoms with E-state index in [1.807, 2.05) is 0 Å². The van der Waals surface area contributed by atoms with Crippen LogP contribution in [-0.4, -0.2) is 21.8 Å². The minimum atomic E-state index is -4.81. The Hall–Kier alpha value is -3.16. The summed E-state index contributed by atoms with van der Waals surface area (Å²) in [6, 6.07) is 9.81. The van der Waals surface area contributed by atoms with Gasteiger partial charge in [0.15, 0.2) is 0 Å². The SMILES string of the molecule is Fc1ccc(/C=C/c2cc(OC(F)(F)F)cc(-c3cn[nH]n3)c2)cc1. The molecule has 0 aliphatic heterocycles. The predicted molar refractivity (Wildman–Crippen MR) is 83.8 cm³/mol. The van der Waals surface area contributed by atoms with E-state index < -0.39 is 6.36 Å². The molecule has 1 heterocycles. The van der Waals surface area contributed by atoms with Gasteiger partial charge in [0.05, 0.1) is 6.20 Å². The number of alkyl halides is 3. The van der Waals surface area contributed by atoms with E-state index in [2.05, 4.69) is 20.1 Å². The summed E-state index contributed by atoms with van der Waals surface area (Å²) in [5.74, 6) is -0.738. The third-order valence-electron chi connectivity index (χ3n) is 3.21. The fraction of sp³-hybridized carbons (Fsp3) is 0.0588. The Bertz CT molecular complexity index is 872. The first-order valence-corrected chi connectivity index (χ1v) is 7.10. The van der Waals surface area contributed by atoms with Gasteiger partial charge in [-0.3, -0.25) is 0 Å². The zero-order valence-corrected chi connectivity index (χ0v) is 12.6. The van der Waals surface area contributed by atoms with Crippen molar-refractivity contribution in [1.82, 2.24) is 15.4 Å². The quantitative estimate of drug-likeness (QED) is 0.550. The van der Waals surface area contributed by atoms with E-state index in [4.69, 9.17) is 0 Å². The van der Waals surface area contributed by atoms with Gasteiger partial charge >= 0.3 is 6.36 Å². The summed E-state index contributed by atoms with van der Waals surface area (Å²) >= 11 is 0. The third kappa shape index (κ3) is 4.66. The molecule has 0 fully saturated rings. The molecule has 3 aromatic rings. The number of halogens is 4. The van der Waals surface area contributed by atoms with Crippen molar-refractivity contribution >= 4 is 12.2 Å². The topological polar surface area (TPSA) is 50.8 Å². The smallest absolute Gasteiger partial charge is 0.406 e. The van der Waals surface area contributed by atoms with E-state index in [-0.39, 0.29) is 11.6 Å². The van der Waals surface area contributed by atoms with Gasteiger partial charge in [-0.05, 0) is 41.5 Å². The van der Waals surface area contributed by atoms with Crippen LogP contribution < -0.4 is 4.74 Å². The van der Waals surface area contributed by atoms with Gasteiger partial charge in [-0.15, -0.1) is 13.2 Å². The zero-order chi connectivity index (χ0) is 17.9. The Kier molecular flexibility index (Phi) is 4.51. The Morgan fingerprint density at radius 1 is 0.960 bits per heavy atom. The van der Waals surface area contributed by atoms with Crippen LogP contribution in [0.1, 0.15) is 11.1 Å². The lowest BCUT2D eigenvalue weighted by atomic mass is 10.1. The maximum atomic E-state index is 12.9. The molecule has 0 radical (unpaired) electrons. The van der Waals surface area contributed by atoms with Crippen molar-refractivity contribution in [2.24, 2.45) is 0 Å². The lowest BCUT2D eigenvalue weighted by Crippen LogP contribution is -2.17. The summed E-state index contributed by atoms with van der Waals surface area (Å²) in [5, 5.41) is 9.90. The molecule has 0 aliphatic rings. The van der Waals surface area contributed by atoms with Crippen molar-refractivity contribution in [2.75, 3.05) is 0 Å². The molecule has 128 valence electrons. The molecule has 4 nitrogen and oxygen atoms in total. The van der Waals surface area contributed by atoms with Crippen LogP contribution in [0.25, 0.3) is 23.4 Å². The molecular formula is C17H11F4N3O. The van der Waals surface area contributed by atoms with Gasteiger partial charge in [0.25, 0.3) is 0 Å². The van der Waals surface area contributed by atoms with Crippen molar-refractivity contribution in [3.05, 3.63) is 65.6 Å². The maximum Gasteiger partial charge on any atom is 0.573 e. The normalized spacial score (nSPS) is 11.8. The van der Waals surface area contributed by atoms with Crippen molar-refractivity contribution in [3.63, 3.8) is 0 Å². The van der Waals surface area contributed by atoms with Gasteiger partial charge in [-0.25, -0.2) is 4.39 Å². The summed E-state index contributed by atoms with van der Waals surface area (Å²) < 4.78 is 54.5. The number of hydrogen-bond acceptors (Lipinski definition) is 3. The number of ether oxygens (including phenoxy) is 1. The number of H-pyrrole nitrogens is 1. The minimum Gasteiger partial charge on any atom is -0.406 e. The molecule has 0 bridgehead atoms. The van der Waals surface area contributed by atoms with Crippen molar-refractivity contribution < 1.29 is 22.3 Å². The van der Waals surface area contributed by atoms with E-state index in [9.17, 15) is 17.6 Å². The highest BCUT2D eigenvalue weighted by Crippen LogP contribution is 2.29. The van der Waals surface area contributed by atoms with E-state index in [0.29, 0.717) is 22.4 Å². The molecule has 25 heavy (non-hydrogen) atoms. The average Bonchev–Trinajstić information content (AvgIpc) is 3.07. The summed E-state index contributed by atoms with van der Waals surface area (Å²) in [7, 11) is 0. The molecule has 0 unspecified atom stereocenters. The van der Waals surface area contributed by atoms with Crippen molar-refractivity contribution in [2.45, 2.75) is 6.36 Å². The standard InChI is InChI=1S/C17H11F4N3O/c18-14-5-3-11(4-6-14)1-2-12-7-13(16-10-22-24-23-16)9-15(8-12)25-17(19,20)21/h1-10H,(H,22,23,24)/b2-1+. The van der Waals surface area contributed by atoms with E-state index in [1.54, 1.807) is 30.4 Å². The number of benzene rings is 2. The van der Waals surface area contributed by atoms with Crippen LogP contribution >= 0.6 is 0 Å². The molecule has 1 N–H and O–H groups in total. The first kappa shape index (κ1) is 16.7. The van der Waals surface area contributed by atoms with Crippen LogP contribution in [0, 0.1) is 5.82 Å². The second-order valence-corrected chi connectivity index (χ2v) is 5.08. The Balaban J connectivity index is 1.95. The number of aromatic amines is 1.